The van der Waals surface area contributed by atoms with Gasteiger partial charge in [-0.25, -0.2) is 9.37 Å². The standard InChI is InChI=1S/C25H26FN5O/c1-17-13-30-14-19(11-23(26)25(30)27-17)18-5-4-6-20-7-8-22(16-31(20)24(32)12-18)29-10-9-21(15-29)28(2)3/h4-8,11-14,16,21H,9-10,15H2,1-3H3/b5-4+,18-12+,20-6+/t21-/m1/s1. The number of aryl methyl sites for hydroxylation is 1. The molecule has 0 unspecified atom stereocenters. The average molecular weight is 432 g/mol. The number of carbonyl (C=O) groups is 1. The van der Waals surface area contributed by atoms with E-state index in [1.165, 1.54) is 6.07 Å². The molecule has 0 aliphatic carbocycles. The van der Waals surface area contributed by atoms with Crippen LogP contribution >= 0.6 is 0 Å². The van der Waals surface area contributed by atoms with Crippen molar-refractivity contribution in [2.75, 3.05) is 27.2 Å². The van der Waals surface area contributed by atoms with E-state index in [4.69, 9.17) is 0 Å². The summed E-state index contributed by atoms with van der Waals surface area (Å²) < 4.78 is 16.3. The van der Waals surface area contributed by atoms with E-state index in [0.29, 0.717) is 17.2 Å². The van der Waals surface area contributed by atoms with Crippen LogP contribution in [0, 0.1) is 12.7 Å². The van der Waals surface area contributed by atoms with Crippen LogP contribution in [0.1, 0.15) is 17.7 Å². The molecule has 0 aromatic carbocycles. The molecule has 0 bridgehead atoms. The number of pyridine rings is 1. The number of imidazole rings is 1. The molecule has 164 valence electrons. The summed E-state index contributed by atoms with van der Waals surface area (Å²) in [5, 5.41) is 0. The molecule has 32 heavy (non-hydrogen) atoms. The number of halogens is 1. The zero-order valence-electron chi connectivity index (χ0n) is 18.5. The van der Waals surface area contributed by atoms with Crippen molar-refractivity contribution in [2.45, 2.75) is 19.4 Å². The molecular weight excluding hydrogens is 405 g/mol. The van der Waals surface area contributed by atoms with Gasteiger partial charge >= 0.3 is 0 Å². The molecule has 1 saturated heterocycles. The van der Waals surface area contributed by atoms with Crippen molar-refractivity contribution < 1.29 is 9.18 Å². The van der Waals surface area contributed by atoms with E-state index < -0.39 is 5.82 Å². The SMILES string of the molecule is Cc1cn2cc(C3=C\C(=O)N4C=C(N5CC[C@@H](N(C)C)C5)C=C\C4=C/C=C/3)cc(F)c2n1. The van der Waals surface area contributed by atoms with Crippen molar-refractivity contribution in [3.05, 3.63) is 89.6 Å². The predicted molar refractivity (Wildman–Crippen MR) is 123 cm³/mol. The number of hydrogen-bond acceptors (Lipinski definition) is 4. The molecular formula is C25H26FN5O. The third-order valence-corrected chi connectivity index (χ3v) is 6.24. The second-order valence-electron chi connectivity index (χ2n) is 8.69. The molecule has 1 fully saturated rings. The van der Waals surface area contributed by atoms with Crippen molar-refractivity contribution in [3.8, 4) is 0 Å². The normalized spacial score (nSPS) is 25.2. The zero-order chi connectivity index (χ0) is 22.4. The molecule has 2 aromatic heterocycles. The van der Waals surface area contributed by atoms with E-state index in [9.17, 15) is 9.18 Å². The molecule has 0 N–H and O–H groups in total. The molecule has 3 aliphatic rings. The fraction of sp³-hybridized carbons (Fsp3) is 0.280. The summed E-state index contributed by atoms with van der Waals surface area (Å²) in [7, 11) is 4.21. The summed E-state index contributed by atoms with van der Waals surface area (Å²) >= 11 is 0. The lowest BCUT2D eigenvalue weighted by Gasteiger charge is -2.29. The lowest BCUT2D eigenvalue weighted by molar-refractivity contribution is -0.122. The van der Waals surface area contributed by atoms with Gasteiger partial charge < -0.3 is 14.2 Å². The van der Waals surface area contributed by atoms with E-state index >= 15 is 0 Å². The fourth-order valence-electron chi connectivity index (χ4n) is 4.43. The minimum atomic E-state index is -0.414. The van der Waals surface area contributed by atoms with Gasteiger partial charge in [0.2, 0.25) is 0 Å². The highest BCUT2D eigenvalue weighted by Crippen LogP contribution is 2.28. The van der Waals surface area contributed by atoms with Gasteiger partial charge in [0.25, 0.3) is 5.91 Å². The van der Waals surface area contributed by atoms with Gasteiger partial charge in [-0.2, -0.15) is 0 Å². The summed E-state index contributed by atoms with van der Waals surface area (Å²) in [5.41, 5.74) is 4.13. The van der Waals surface area contributed by atoms with Gasteiger partial charge in [0.05, 0.1) is 11.4 Å². The van der Waals surface area contributed by atoms with E-state index in [1.54, 1.807) is 27.8 Å². The summed E-state index contributed by atoms with van der Waals surface area (Å²) in [5.74, 6) is -0.577. The third-order valence-electron chi connectivity index (χ3n) is 6.24. The Morgan fingerprint density at radius 1 is 1.16 bits per heavy atom. The van der Waals surface area contributed by atoms with Gasteiger partial charge in [0.15, 0.2) is 11.5 Å². The quantitative estimate of drug-likeness (QED) is 0.746. The number of likely N-dealkylation sites (tertiary alicyclic amines) is 1. The number of likely N-dealkylation sites (N-methyl/N-ethyl adjacent to an activating group) is 1. The zero-order valence-corrected chi connectivity index (χ0v) is 18.5. The Morgan fingerprint density at radius 3 is 2.75 bits per heavy atom. The highest BCUT2D eigenvalue weighted by molar-refractivity contribution is 5.99. The van der Waals surface area contributed by atoms with Gasteiger partial charge in [-0.3, -0.25) is 9.69 Å². The number of rotatable bonds is 3. The first-order chi connectivity index (χ1) is 15.4. The van der Waals surface area contributed by atoms with E-state index in [-0.39, 0.29) is 11.6 Å². The molecule has 7 heteroatoms. The van der Waals surface area contributed by atoms with Crippen molar-refractivity contribution in [1.82, 2.24) is 24.1 Å². The first-order valence-electron chi connectivity index (χ1n) is 10.8. The summed E-state index contributed by atoms with van der Waals surface area (Å²) in [6, 6.07) is 1.94. The Hall–Kier alpha value is -3.45. The molecule has 5 heterocycles. The minimum Gasteiger partial charge on any atom is -0.369 e. The van der Waals surface area contributed by atoms with Gasteiger partial charge in [-0.1, -0.05) is 12.2 Å². The average Bonchev–Trinajstić information content (AvgIpc) is 3.38. The molecule has 0 spiro atoms. The summed E-state index contributed by atoms with van der Waals surface area (Å²) in [4.78, 5) is 23.7. The lowest BCUT2D eigenvalue weighted by Crippen LogP contribution is -2.33. The number of carbonyl (C=O) groups excluding carboxylic acids is 1. The van der Waals surface area contributed by atoms with Crippen LogP contribution < -0.4 is 0 Å². The number of allylic oxidation sites excluding steroid dienone is 6. The largest absolute Gasteiger partial charge is 0.369 e. The van der Waals surface area contributed by atoms with E-state index in [1.807, 2.05) is 37.4 Å². The maximum absolute atomic E-state index is 14.6. The molecule has 6 nitrogen and oxygen atoms in total. The third kappa shape index (κ3) is 3.69. The van der Waals surface area contributed by atoms with Crippen molar-refractivity contribution >= 4 is 17.1 Å². The maximum Gasteiger partial charge on any atom is 0.255 e. The van der Waals surface area contributed by atoms with Crippen LogP contribution in [0.3, 0.4) is 0 Å². The smallest absolute Gasteiger partial charge is 0.255 e. The highest BCUT2D eigenvalue weighted by Gasteiger charge is 2.27. The Kier molecular flexibility index (Phi) is 5.06. The van der Waals surface area contributed by atoms with Crippen LogP contribution in [0.2, 0.25) is 0 Å². The first-order valence-corrected chi connectivity index (χ1v) is 10.8. The second-order valence-corrected chi connectivity index (χ2v) is 8.69. The maximum atomic E-state index is 14.6. The Bertz CT molecular complexity index is 1250. The van der Waals surface area contributed by atoms with Gasteiger partial charge in [0, 0.05) is 55.1 Å². The van der Waals surface area contributed by atoms with Crippen LogP contribution in [0.4, 0.5) is 4.39 Å². The topological polar surface area (TPSA) is 44.1 Å². The van der Waals surface area contributed by atoms with Crippen molar-refractivity contribution in [2.24, 2.45) is 0 Å². The highest BCUT2D eigenvalue weighted by atomic mass is 19.1. The Balaban J connectivity index is 1.46. The van der Waals surface area contributed by atoms with Crippen LogP contribution in [-0.4, -0.2) is 63.2 Å². The number of hydrogen-bond donors (Lipinski definition) is 0. The van der Waals surface area contributed by atoms with Crippen molar-refractivity contribution in [3.63, 3.8) is 0 Å². The summed E-state index contributed by atoms with van der Waals surface area (Å²) in [6.45, 7) is 3.73. The van der Waals surface area contributed by atoms with Gasteiger partial charge in [-0.15, -0.1) is 0 Å². The van der Waals surface area contributed by atoms with Gasteiger partial charge in [-0.05, 0) is 57.3 Å². The number of fused-ring (bicyclic) bond motifs is 2. The monoisotopic (exact) mass is 431 g/mol. The Labute approximate surface area is 186 Å². The lowest BCUT2D eigenvalue weighted by atomic mass is 10.0. The number of nitrogens with zero attached hydrogens (tertiary/aromatic N) is 5. The van der Waals surface area contributed by atoms with Crippen LogP contribution in [-0.2, 0) is 4.79 Å². The predicted octanol–water partition coefficient (Wildman–Crippen LogP) is 3.49. The number of amides is 1. The molecule has 1 amide bonds. The second kappa shape index (κ2) is 7.91. The molecule has 1 atom stereocenters. The van der Waals surface area contributed by atoms with Crippen LogP contribution in [0.15, 0.2) is 72.5 Å². The van der Waals surface area contributed by atoms with Crippen LogP contribution in [0.5, 0.6) is 0 Å². The molecule has 5 rings (SSSR count). The van der Waals surface area contributed by atoms with Gasteiger partial charge in [0.1, 0.15) is 0 Å². The molecule has 2 aromatic rings. The van der Waals surface area contributed by atoms with E-state index in [0.717, 1.165) is 36.6 Å². The van der Waals surface area contributed by atoms with E-state index in [2.05, 4.69) is 35.0 Å². The summed E-state index contributed by atoms with van der Waals surface area (Å²) in [6.07, 6.45) is 17.8. The first kappa shape index (κ1) is 20.5. The molecule has 0 saturated carbocycles. The molecule has 3 aliphatic heterocycles. The molecule has 0 radical (unpaired) electrons. The number of aromatic nitrogens is 2. The fourth-order valence-corrected chi connectivity index (χ4v) is 4.43. The van der Waals surface area contributed by atoms with Crippen molar-refractivity contribution in [1.29, 1.82) is 0 Å². The van der Waals surface area contributed by atoms with Crippen LogP contribution in [0.25, 0.3) is 11.2 Å². The minimum absolute atomic E-state index is 0.164. The Morgan fingerprint density at radius 2 is 1.97 bits per heavy atom.